The number of anilines is 2. The molecule has 3 N–H and O–H groups in total. The van der Waals surface area contributed by atoms with Crippen LogP contribution in [-0.4, -0.2) is 28.2 Å². The maximum Gasteiger partial charge on any atom is 0.137 e. The minimum atomic E-state index is 0.0671. The monoisotopic (exact) mass is 286 g/mol. The third-order valence-electron chi connectivity index (χ3n) is 3.41. The summed E-state index contributed by atoms with van der Waals surface area (Å²) in [5, 5.41) is 9.35. The van der Waals surface area contributed by atoms with E-state index >= 15 is 0 Å². The molecule has 5 nitrogen and oxygen atoms in total. The molecule has 0 unspecified atom stereocenters. The quantitative estimate of drug-likeness (QED) is 0.848. The molecule has 0 aliphatic heterocycles. The molecule has 0 saturated heterocycles. The zero-order chi connectivity index (χ0) is 15.2. The molecule has 2 rings (SSSR count). The normalized spacial score (nSPS) is 10.6. The van der Waals surface area contributed by atoms with E-state index in [-0.39, 0.29) is 6.61 Å². The first-order valence-corrected chi connectivity index (χ1v) is 7.18. The second kappa shape index (κ2) is 7.04. The van der Waals surface area contributed by atoms with Crippen molar-refractivity contribution >= 4 is 11.6 Å². The van der Waals surface area contributed by atoms with E-state index in [2.05, 4.69) is 22.1 Å². The molecule has 1 aromatic carbocycles. The van der Waals surface area contributed by atoms with Crippen molar-refractivity contribution in [3.63, 3.8) is 0 Å². The fourth-order valence-electron chi connectivity index (χ4n) is 2.22. The lowest BCUT2D eigenvalue weighted by Gasteiger charge is -2.25. The molecule has 0 amide bonds. The second-order valence-corrected chi connectivity index (χ2v) is 4.96. The molecule has 0 bridgehead atoms. The van der Waals surface area contributed by atoms with Gasteiger partial charge in [0.25, 0.3) is 0 Å². The Morgan fingerprint density at radius 1 is 1.19 bits per heavy atom. The number of aliphatic hydroxyl groups excluding tert-OH is 1. The third kappa shape index (κ3) is 3.70. The highest BCUT2D eigenvalue weighted by Gasteiger charge is 2.15. The van der Waals surface area contributed by atoms with Crippen LogP contribution in [0.2, 0.25) is 0 Å². The fourth-order valence-corrected chi connectivity index (χ4v) is 2.22. The minimum absolute atomic E-state index is 0.0671. The van der Waals surface area contributed by atoms with E-state index in [1.807, 2.05) is 36.9 Å². The van der Waals surface area contributed by atoms with Crippen LogP contribution in [0.15, 0.2) is 30.3 Å². The SMILES string of the molecule is CCc1nc(N)c(C)c(N(CCO)Cc2ccccc2)n1. The van der Waals surface area contributed by atoms with Gasteiger partial charge in [-0.3, -0.25) is 0 Å². The predicted molar refractivity (Wildman–Crippen MR) is 85.1 cm³/mol. The average molecular weight is 286 g/mol. The van der Waals surface area contributed by atoms with Gasteiger partial charge in [0.05, 0.1) is 6.61 Å². The van der Waals surface area contributed by atoms with Crippen LogP contribution in [0.4, 0.5) is 11.6 Å². The third-order valence-corrected chi connectivity index (χ3v) is 3.41. The summed E-state index contributed by atoms with van der Waals surface area (Å²) in [5.74, 6) is 2.04. The van der Waals surface area contributed by atoms with Gasteiger partial charge in [-0.05, 0) is 12.5 Å². The van der Waals surface area contributed by atoms with E-state index in [1.54, 1.807) is 0 Å². The molecule has 2 aromatic rings. The maximum absolute atomic E-state index is 9.35. The van der Waals surface area contributed by atoms with Gasteiger partial charge in [0.15, 0.2) is 0 Å². The molecule has 0 aliphatic carbocycles. The zero-order valence-corrected chi connectivity index (χ0v) is 12.6. The Kier molecular flexibility index (Phi) is 5.11. The highest BCUT2D eigenvalue weighted by Crippen LogP contribution is 2.23. The van der Waals surface area contributed by atoms with Crippen molar-refractivity contribution < 1.29 is 5.11 Å². The molecule has 0 spiro atoms. The van der Waals surface area contributed by atoms with Crippen molar-refractivity contribution in [2.45, 2.75) is 26.8 Å². The Labute approximate surface area is 125 Å². The Morgan fingerprint density at radius 3 is 2.52 bits per heavy atom. The largest absolute Gasteiger partial charge is 0.395 e. The average Bonchev–Trinajstić information content (AvgIpc) is 2.50. The van der Waals surface area contributed by atoms with Gasteiger partial charge in [0.2, 0.25) is 0 Å². The standard InChI is InChI=1S/C16H22N4O/c1-3-14-18-15(17)12(2)16(19-14)20(9-10-21)11-13-7-5-4-6-8-13/h4-8,21H,3,9-11H2,1-2H3,(H2,17,18,19). The lowest BCUT2D eigenvalue weighted by Crippen LogP contribution is -2.28. The van der Waals surface area contributed by atoms with Crippen molar-refractivity contribution in [2.24, 2.45) is 0 Å². The number of hydrogen-bond acceptors (Lipinski definition) is 5. The van der Waals surface area contributed by atoms with E-state index in [4.69, 9.17) is 5.73 Å². The topological polar surface area (TPSA) is 75.3 Å². The lowest BCUT2D eigenvalue weighted by atomic mass is 10.2. The molecule has 0 radical (unpaired) electrons. The second-order valence-electron chi connectivity index (χ2n) is 4.96. The summed E-state index contributed by atoms with van der Waals surface area (Å²) in [4.78, 5) is 10.9. The van der Waals surface area contributed by atoms with Crippen LogP contribution in [0, 0.1) is 6.92 Å². The van der Waals surface area contributed by atoms with Crippen LogP contribution in [0.25, 0.3) is 0 Å². The highest BCUT2D eigenvalue weighted by atomic mass is 16.3. The first-order valence-electron chi connectivity index (χ1n) is 7.18. The van der Waals surface area contributed by atoms with Gasteiger partial charge in [-0.2, -0.15) is 0 Å². The van der Waals surface area contributed by atoms with Crippen LogP contribution in [0.1, 0.15) is 23.9 Å². The molecular weight excluding hydrogens is 264 g/mol. The molecular formula is C16H22N4O. The number of hydrogen-bond donors (Lipinski definition) is 2. The lowest BCUT2D eigenvalue weighted by molar-refractivity contribution is 0.301. The van der Waals surface area contributed by atoms with E-state index in [0.717, 1.165) is 23.6 Å². The number of benzene rings is 1. The molecule has 21 heavy (non-hydrogen) atoms. The first-order chi connectivity index (χ1) is 10.2. The molecule has 1 heterocycles. The van der Waals surface area contributed by atoms with Crippen LogP contribution in [-0.2, 0) is 13.0 Å². The number of aryl methyl sites for hydroxylation is 1. The van der Waals surface area contributed by atoms with E-state index in [9.17, 15) is 5.11 Å². The van der Waals surface area contributed by atoms with Crippen LogP contribution in [0.5, 0.6) is 0 Å². The molecule has 112 valence electrons. The van der Waals surface area contributed by atoms with Crippen LogP contribution < -0.4 is 10.6 Å². The fraction of sp³-hybridized carbons (Fsp3) is 0.375. The Morgan fingerprint density at radius 2 is 1.90 bits per heavy atom. The summed E-state index contributed by atoms with van der Waals surface area (Å²) in [7, 11) is 0. The van der Waals surface area contributed by atoms with E-state index < -0.39 is 0 Å². The summed E-state index contributed by atoms with van der Waals surface area (Å²) in [6.45, 7) is 5.18. The van der Waals surface area contributed by atoms with Crippen LogP contribution in [0.3, 0.4) is 0 Å². The Hall–Kier alpha value is -2.14. The molecule has 1 aromatic heterocycles. The molecule has 0 atom stereocenters. The number of rotatable bonds is 6. The van der Waals surface area contributed by atoms with Crippen molar-refractivity contribution in [1.82, 2.24) is 9.97 Å². The number of nitrogen functional groups attached to an aromatic ring is 1. The summed E-state index contributed by atoms with van der Waals surface area (Å²) in [6, 6.07) is 10.1. The number of aromatic nitrogens is 2. The van der Waals surface area contributed by atoms with Crippen molar-refractivity contribution in [2.75, 3.05) is 23.8 Å². The van der Waals surface area contributed by atoms with Gasteiger partial charge in [-0.15, -0.1) is 0 Å². The van der Waals surface area contributed by atoms with Gasteiger partial charge in [-0.1, -0.05) is 37.3 Å². The van der Waals surface area contributed by atoms with Gasteiger partial charge in [0, 0.05) is 25.1 Å². The van der Waals surface area contributed by atoms with Crippen LogP contribution >= 0.6 is 0 Å². The maximum atomic E-state index is 9.35. The summed E-state index contributed by atoms with van der Waals surface area (Å²) >= 11 is 0. The number of nitrogens with zero attached hydrogens (tertiary/aromatic N) is 3. The molecule has 0 aliphatic rings. The minimum Gasteiger partial charge on any atom is -0.395 e. The number of nitrogens with two attached hydrogens (primary N) is 1. The summed E-state index contributed by atoms with van der Waals surface area (Å²) in [5.41, 5.74) is 8.01. The molecule has 5 heteroatoms. The summed E-state index contributed by atoms with van der Waals surface area (Å²) in [6.07, 6.45) is 0.732. The zero-order valence-electron chi connectivity index (χ0n) is 12.6. The molecule has 0 fully saturated rings. The Balaban J connectivity index is 2.35. The highest BCUT2D eigenvalue weighted by molar-refractivity contribution is 5.56. The van der Waals surface area contributed by atoms with Crippen molar-refractivity contribution in [3.8, 4) is 0 Å². The molecule has 0 saturated carbocycles. The first kappa shape index (κ1) is 15.3. The Bertz CT molecular complexity index is 586. The van der Waals surface area contributed by atoms with Gasteiger partial charge < -0.3 is 15.7 Å². The van der Waals surface area contributed by atoms with Gasteiger partial charge in [0.1, 0.15) is 17.5 Å². The van der Waals surface area contributed by atoms with E-state index in [0.29, 0.717) is 18.9 Å². The smallest absolute Gasteiger partial charge is 0.137 e. The van der Waals surface area contributed by atoms with Gasteiger partial charge in [-0.25, -0.2) is 9.97 Å². The predicted octanol–water partition coefficient (Wildman–Crippen LogP) is 1.93. The summed E-state index contributed by atoms with van der Waals surface area (Å²) < 4.78 is 0. The van der Waals surface area contributed by atoms with E-state index in [1.165, 1.54) is 5.56 Å². The van der Waals surface area contributed by atoms with Crippen molar-refractivity contribution in [3.05, 3.63) is 47.3 Å². The van der Waals surface area contributed by atoms with Gasteiger partial charge >= 0.3 is 0 Å². The van der Waals surface area contributed by atoms with Crippen molar-refractivity contribution in [1.29, 1.82) is 0 Å². The number of aliphatic hydroxyl groups is 1.